The summed E-state index contributed by atoms with van der Waals surface area (Å²) in [6, 6.07) is 7.85. The lowest BCUT2D eigenvalue weighted by atomic mass is 10.0. The quantitative estimate of drug-likeness (QED) is 0.831. The molecule has 0 spiro atoms. The third-order valence-electron chi connectivity index (χ3n) is 4.44. The zero-order valence-electron chi connectivity index (χ0n) is 13.7. The zero-order chi connectivity index (χ0) is 16.0. The lowest BCUT2D eigenvalue weighted by Gasteiger charge is -2.35. The summed E-state index contributed by atoms with van der Waals surface area (Å²) in [4.78, 5) is 14.5. The van der Waals surface area contributed by atoms with Gasteiger partial charge >= 0.3 is 0 Å². The predicted octanol–water partition coefficient (Wildman–Crippen LogP) is 3.65. The maximum Gasteiger partial charge on any atom is 0.220 e. The third-order valence-corrected chi connectivity index (χ3v) is 4.67. The number of halogens is 1. The van der Waals surface area contributed by atoms with E-state index in [1.807, 2.05) is 18.2 Å². The molecule has 22 heavy (non-hydrogen) atoms. The Bertz CT molecular complexity index is 496. The maximum absolute atomic E-state index is 12.0. The van der Waals surface area contributed by atoms with E-state index in [1.165, 1.54) is 18.4 Å². The van der Waals surface area contributed by atoms with Crippen LogP contribution < -0.4 is 5.32 Å². The Morgan fingerprint density at radius 1 is 1.32 bits per heavy atom. The van der Waals surface area contributed by atoms with E-state index < -0.39 is 0 Å². The van der Waals surface area contributed by atoms with E-state index in [0.29, 0.717) is 6.42 Å². The number of nitrogens with one attached hydrogen (secondary N) is 1. The number of rotatable bonds is 7. The van der Waals surface area contributed by atoms with Gasteiger partial charge in [-0.2, -0.15) is 0 Å². The largest absolute Gasteiger partial charge is 0.354 e. The summed E-state index contributed by atoms with van der Waals surface area (Å²) in [7, 11) is 0. The van der Waals surface area contributed by atoms with Crippen LogP contribution in [0.5, 0.6) is 0 Å². The first-order valence-electron chi connectivity index (χ1n) is 8.23. The van der Waals surface area contributed by atoms with Crippen molar-refractivity contribution >= 4 is 17.5 Å². The van der Waals surface area contributed by atoms with Crippen LogP contribution in [0.4, 0.5) is 0 Å². The lowest BCUT2D eigenvalue weighted by Crippen LogP contribution is -2.50. The van der Waals surface area contributed by atoms with Crippen LogP contribution in [-0.2, 0) is 11.2 Å². The van der Waals surface area contributed by atoms with Crippen molar-refractivity contribution in [3.63, 3.8) is 0 Å². The summed E-state index contributed by atoms with van der Waals surface area (Å²) in [6.45, 7) is 7.45. The summed E-state index contributed by atoms with van der Waals surface area (Å²) in [5, 5.41) is 3.85. The van der Waals surface area contributed by atoms with Gasteiger partial charge in [-0.05, 0) is 70.3 Å². The number of hydrogen-bond acceptors (Lipinski definition) is 2. The minimum atomic E-state index is 0.0547. The summed E-state index contributed by atoms with van der Waals surface area (Å²) >= 11 is 5.96. The molecule has 0 radical (unpaired) electrons. The number of carbonyl (C=O) groups is 1. The zero-order valence-corrected chi connectivity index (χ0v) is 14.5. The van der Waals surface area contributed by atoms with E-state index in [1.54, 1.807) is 0 Å². The molecular weight excluding hydrogens is 296 g/mol. The monoisotopic (exact) mass is 322 g/mol. The molecular formula is C18H27ClN2O. The number of likely N-dealkylation sites (tertiary alicyclic amines) is 1. The van der Waals surface area contributed by atoms with Crippen molar-refractivity contribution < 1.29 is 4.79 Å². The Morgan fingerprint density at radius 2 is 2.05 bits per heavy atom. The Morgan fingerprint density at radius 3 is 2.73 bits per heavy atom. The fraction of sp³-hybridized carbons (Fsp3) is 0.611. The van der Waals surface area contributed by atoms with Crippen LogP contribution in [0.15, 0.2) is 24.3 Å². The molecule has 1 fully saturated rings. The molecule has 1 saturated heterocycles. The van der Waals surface area contributed by atoms with E-state index >= 15 is 0 Å². The number of nitrogens with zero attached hydrogens (tertiary/aromatic N) is 1. The average Bonchev–Trinajstić information content (AvgIpc) is 3.00. The summed E-state index contributed by atoms with van der Waals surface area (Å²) in [5.41, 5.74) is 1.25. The van der Waals surface area contributed by atoms with Gasteiger partial charge in [-0.25, -0.2) is 0 Å². The first-order valence-corrected chi connectivity index (χ1v) is 8.61. The molecule has 1 aromatic carbocycles. The van der Waals surface area contributed by atoms with Crippen LogP contribution in [0.2, 0.25) is 5.02 Å². The second-order valence-electron chi connectivity index (χ2n) is 6.77. The van der Waals surface area contributed by atoms with E-state index in [9.17, 15) is 4.79 Å². The van der Waals surface area contributed by atoms with Crippen LogP contribution in [0.25, 0.3) is 0 Å². The number of hydrogen-bond donors (Lipinski definition) is 1. The molecule has 0 saturated carbocycles. The van der Waals surface area contributed by atoms with Crippen molar-refractivity contribution in [1.82, 2.24) is 10.2 Å². The van der Waals surface area contributed by atoms with E-state index in [0.717, 1.165) is 37.5 Å². The highest BCUT2D eigenvalue weighted by atomic mass is 35.5. The molecule has 1 aliphatic rings. The highest BCUT2D eigenvalue weighted by molar-refractivity contribution is 6.30. The molecule has 0 bridgehead atoms. The van der Waals surface area contributed by atoms with Crippen LogP contribution in [0.1, 0.15) is 45.1 Å². The number of aryl methyl sites for hydroxylation is 1. The highest BCUT2D eigenvalue weighted by Crippen LogP contribution is 2.20. The smallest absolute Gasteiger partial charge is 0.220 e. The van der Waals surface area contributed by atoms with Gasteiger partial charge in [-0.15, -0.1) is 0 Å². The van der Waals surface area contributed by atoms with Gasteiger partial charge in [-0.3, -0.25) is 9.69 Å². The number of carbonyl (C=O) groups excluding carboxylic acids is 1. The summed E-state index contributed by atoms with van der Waals surface area (Å²) < 4.78 is 0. The second-order valence-corrected chi connectivity index (χ2v) is 7.20. The van der Waals surface area contributed by atoms with Crippen molar-refractivity contribution in [3.05, 3.63) is 34.9 Å². The van der Waals surface area contributed by atoms with Gasteiger partial charge in [0.25, 0.3) is 0 Å². The minimum Gasteiger partial charge on any atom is -0.354 e. The fourth-order valence-corrected chi connectivity index (χ4v) is 3.20. The van der Waals surface area contributed by atoms with E-state index in [4.69, 9.17) is 11.6 Å². The fourth-order valence-electron chi connectivity index (χ4n) is 2.98. The van der Waals surface area contributed by atoms with Crippen molar-refractivity contribution in [3.8, 4) is 0 Å². The van der Waals surface area contributed by atoms with Gasteiger partial charge in [0.05, 0.1) is 0 Å². The van der Waals surface area contributed by atoms with Gasteiger partial charge in [-0.1, -0.05) is 23.7 Å². The summed E-state index contributed by atoms with van der Waals surface area (Å²) in [5.74, 6) is 0.147. The molecule has 0 atom stereocenters. The Kier molecular flexibility index (Phi) is 6.27. The summed E-state index contributed by atoms with van der Waals surface area (Å²) in [6.07, 6.45) is 4.87. The molecule has 2 rings (SSSR count). The first-order chi connectivity index (χ1) is 10.5. The van der Waals surface area contributed by atoms with Gasteiger partial charge in [0.2, 0.25) is 5.91 Å². The van der Waals surface area contributed by atoms with Crippen molar-refractivity contribution in [2.24, 2.45) is 0 Å². The standard InChI is InChI=1S/C18H27ClN2O/c1-18(2,21-11-3-4-12-21)14-20-17(22)10-6-8-15-7-5-9-16(19)13-15/h5,7,9,13H,3-4,6,8,10-12,14H2,1-2H3,(H,20,22). The van der Waals surface area contributed by atoms with Crippen LogP contribution >= 0.6 is 11.6 Å². The Hall–Kier alpha value is -1.06. The van der Waals surface area contributed by atoms with Gasteiger partial charge < -0.3 is 5.32 Å². The average molecular weight is 323 g/mol. The minimum absolute atomic E-state index is 0.0547. The van der Waals surface area contributed by atoms with Gasteiger partial charge in [0, 0.05) is 23.5 Å². The second kappa shape index (κ2) is 7.98. The SMILES string of the molecule is CC(C)(CNC(=O)CCCc1cccc(Cl)c1)N1CCCC1. The van der Waals surface area contributed by atoms with E-state index in [-0.39, 0.29) is 11.4 Å². The molecule has 122 valence electrons. The number of amides is 1. The van der Waals surface area contributed by atoms with Crippen LogP contribution in [0, 0.1) is 0 Å². The molecule has 1 aliphatic heterocycles. The topological polar surface area (TPSA) is 32.3 Å². The van der Waals surface area contributed by atoms with Gasteiger partial charge in [0.1, 0.15) is 0 Å². The van der Waals surface area contributed by atoms with Crippen LogP contribution in [0.3, 0.4) is 0 Å². The van der Waals surface area contributed by atoms with Crippen molar-refractivity contribution in [2.45, 2.75) is 51.5 Å². The predicted molar refractivity (Wildman–Crippen MR) is 92.3 cm³/mol. The number of benzene rings is 1. The first kappa shape index (κ1) is 17.3. The molecule has 3 nitrogen and oxygen atoms in total. The molecule has 4 heteroatoms. The molecule has 1 aromatic rings. The Balaban J connectivity index is 1.67. The lowest BCUT2D eigenvalue weighted by molar-refractivity contribution is -0.121. The van der Waals surface area contributed by atoms with Gasteiger partial charge in [0.15, 0.2) is 0 Å². The maximum atomic E-state index is 12.0. The van der Waals surface area contributed by atoms with Crippen molar-refractivity contribution in [2.75, 3.05) is 19.6 Å². The normalized spacial score (nSPS) is 16.0. The highest BCUT2D eigenvalue weighted by Gasteiger charge is 2.29. The molecule has 0 aromatic heterocycles. The molecule has 0 unspecified atom stereocenters. The molecule has 1 N–H and O–H groups in total. The van der Waals surface area contributed by atoms with E-state index in [2.05, 4.69) is 30.1 Å². The van der Waals surface area contributed by atoms with Crippen molar-refractivity contribution in [1.29, 1.82) is 0 Å². The van der Waals surface area contributed by atoms with Crippen LogP contribution in [-0.4, -0.2) is 36.0 Å². The molecule has 0 aliphatic carbocycles. The third kappa shape index (κ3) is 5.29. The molecule has 1 heterocycles. The Labute approximate surface area is 139 Å². The molecule has 1 amide bonds.